The van der Waals surface area contributed by atoms with Crippen LogP contribution in [0.3, 0.4) is 0 Å². The number of amides is 1. The van der Waals surface area contributed by atoms with E-state index in [-0.39, 0.29) is 17.1 Å². The molecule has 1 rings (SSSR count). The maximum absolute atomic E-state index is 12.5. The third kappa shape index (κ3) is 10.1. The number of thiol groups is 2. The van der Waals surface area contributed by atoms with Crippen LogP contribution in [0.5, 0.6) is 0 Å². The Morgan fingerprint density at radius 3 is 2.60 bits per heavy atom. The Labute approximate surface area is 166 Å². The molecule has 5 heteroatoms. The second-order valence-corrected chi connectivity index (χ2v) is 9.53. The number of nitrogens with one attached hydrogen (secondary N) is 1. The molecule has 0 aromatic carbocycles. The highest BCUT2D eigenvalue weighted by atomic mass is 32.1. The molecular formula is C20H40N2OS2. The quantitative estimate of drug-likeness (QED) is 0.373. The fourth-order valence-electron chi connectivity index (χ4n) is 3.92. The third-order valence-electron chi connectivity index (χ3n) is 5.62. The Bertz CT molecular complexity index is 368. The predicted octanol–water partition coefficient (Wildman–Crippen LogP) is 4.46. The number of rotatable bonds is 12. The summed E-state index contributed by atoms with van der Waals surface area (Å²) in [5, 5.41) is 3.73. The van der Waals surface area contributed by atoms with Crippen LogP contribution in [0, 0.1) is 17.8 Å². The average Bonchev–Trinajstić information content (AvgIpc) is 2.62. The average molecular weight is 389 g/mol. The van der Waals surface area contributed by atoms with Crippen molar-refractivity contribution < 1.29 is 4.79 Å². The maximum Gasteiger partial charge on any atom is 0.223 e. The molecule has 0 aromatic heterocycles. The monoisotopic (exact) mass is 388 g/mol. The van der Waals surface area contributed by atoms with Crippen molar-refractivity contribution in [2.24, 2.45) is 23.5 Å². The highest BCUT2D eigenvalue weighted by Gasteiger charge is 2.27. The molecule has 5 atom stereocenters. The highest BCUT2D eigenvalue weighted by molar-refractivity contribution is 7.81. The maximum atomic E-state index is 12.5. The van der Waals surface area contributed by atoms with Crippen LogP contribution in [-0.2, 0) is 4.79 Å². The number of hydrogen-bond acceptors (Lipinski definition) is 4. The molecule has 0 bridgehead atoms. The van der Waals surface area contributed by atoms with Crippen molar-refractivity contribution in [2.45, 2.75) is 88.6 Å². The van der Waals surface area contributed by atoms with E-state index in [0.29, 0.717) is 24.3 Å². The lowest BCUT2D eigenvalue weighted by molar-refractivity contribution is -0.126. The number of hydrogen-bond donors (Lipinski definition) is 4. The number of nitrogens with two attached hydrogens (primary N) is 1. The van der Waals surface area contributed by atoms with Crippen molar-refractivity contribution in [3.63, 3.8) is 0 Å². The van der Waals surface area contributed by atoms with E-state index in [1.54, 1.807) is 0 Å². The summed E-state index contributed by atoms with van der Waals surface area (Å²) in [6.07, 6.45) is 11.5. The molecule has 0 aromatic rings. The minimum Gasteiger partial charge on any atom is -0.355 e. The van der Waals surface area contributed by atoms with Gasteiger partial charge in [-0.25, -0.2) is 0 Å². The molecule has 0 radical (unpaired) electrons. The van der Waals surface area contributed by atoms with Gasteiger partial charge in [-0.3, -0.25) is 4.79 Å². The zero-order valence-electron chi connectivity index (χ0n) is 16.3. The Balaban J connectivity index is 2.24. The molecule has 148 valence electrons. The van der Waals surface area contributed by atoms with Gasteiger partial charge >= 0.3 is 0 Å². The van der Waals surface area contributed by atoms with Gasteiger partial charge in [0.2, 0.25) is 5.91 Å². The molecular weight excluding hydrogens is 348 g/mol. The molecule has 1 amide bonds. The summed E-state index contributed by atoms with van der Waals surface area (Å²) in [5.41, 5.74) is 5.64. The van der Waals surface area contributed by atoms with Crippen molar-refractivity contribution in [1.82, 2.24) is 5.32 Å². The lowest BCUT2D eigenvalue weighted by Gasteiger charge is -2.29. The Kier molecular flexibility index (Phi) is 12.3. The summed E-state index contributed by atoms with van der Waals surface area (Å²) in [7, 11) is 0. The molecule has 1 aliphatic rings. The van der Waals surface area contributed by atoms with Gasteiger partial charge in [-0.15, -0.1) is 0 Å². The standard InChI is InChI=1S/C20H40N2OS2/c1-3-5-15(2)8-10-19(25)14-22-20(23)17-7-4-6-16(12-17)9-11-18(24)13-21/h15-19,24-25H,3-14,21H2,1-2H3,(H,22,23). The molecule has 1 aliphatic carbocycles. The molecule has 25 heavy (non-hydrogen) atoms. The van der Waals surface area contributed by atoms with E-state index in [2.05, 4.69) is 44.4 Å². The van der Waals surface area contributed by atoms with E-state index < -0.39 is 0 Å². The summed E-state index contributed by atoms with van der Waals surface area (Å²) in [6.45, 7) is 5.89. The lowest BCUT2D eigenvalue weighted by Crippen LogP contribution is -2.37. The minimum atomic E-state index is 0.189. The summed E-state index contributed by atoms with van der Waals surface area (Å²) < 4.78 is 0. The first-order valence-corrected chi connectivity index (χ1v) is 11.3. The normalized spacial score (nSPS) is 24.5. The van der Waals surface area contributed by atoms with Crippen LogP contribution >= 0.6 is 25.3 Å². The predicted molar refractivity (Wildman–Crippen MR) is 116 cm³/mol. The molecule has 5 unspecified atom stereocenters. The van der Waals surface area contributed by atoms with E-state index >= 15 is 0 Å². The summed E-state index contributed by atoms with van der Waals surface area (Å²) >= 11 is 9.14. The van der Waals surface area contributed by atoms with Crippen LogP contribution in [0.25, 0.3) is 0 Å². The molecule has 0 aliphatic heterocycles. The van der Waals surface area contributed by atoms with Crippen molar-refractivity contribution in [3.8, 4) is 0 Å². The second-order valence-electron chi connectivity index (χ2n) is 8.07. The van der Waals surface area contributed by atoms with Gasteiger partial charge in [0.1, 0.15) is 0 Å². The van der Waals surface area contributed by atoms with Crippen LogP contribution in [0.15, 0.2) is 0 Å². The first kappa shape index (κ1) is 23.2. The fourth-order valence-corrected chi connectivity index (χ4v) is 4.31. The van der Waals surface area contributed by atoms with Crippen LogP contribution in [0.2, 0.25) is 0 Å². The number of carbonyl (C=O) groups excluding carboxylic acids is 1. The van der Waals surface area contributed by atoms with Crippen LogP contribution in [-0.4, -0.2) is 29.5 Å². The van der Waals surface area contributed by atoms with Crippen LogP contribution in [0.4, 0.5) is 0 Å². The van der Waals surface area contributed by atoms with Crippen LogP contribution in [0.1, 0.15) is 78.1 Å². The fraction of sp³-hybridized carbons (Fsp3) is 0.950. The van der Waals surface area contributed by atoms with Gasteiger partial charge in [-0.2, -0.15) is 25.3 Å². The molecule has 0 heterocycles. The molecule has 0 saturated heterocycles. The highest BCUT2D eigenvalue weighted by Crippen LogP contribution is 2.32. The first-order chi connectivity index (χ1) is 12.0. The van der Waals surface area contributed by atoms with E-state index in [4.69, 9.17) is 5.73 Å². The summed E-state index contributed by atoms with van der Waals surface area (Å²) in [6, 6.07) is 0. The summed E-state index contributed by atoms with van der Waals surface area (Å²) in [4.78, 5) is 12.5. The Morgan fingerprint density at radius 1 is 1.16 bits per heavy atom. The zero-order chi connectivity index (χ0) is 18.7. The molecule has 3 N–H and O–H groups in total. The topological polar surface area (TPSA) is 55.1 Å². The van der Waals surface area contributed by atoms with Crippen molar-refractivity contribution in [1.29, 1.82) is 0 Å². The van der Waals surface area contributed by atoms with E-state index in [1.807, 2.05) is 0 Å². The summed E-state index contributed by atoms with van der Waals surface area (Å²) in [5.74, 6) is 1.85. The van der Waals surface area contributed by atoms with E-state index in [0.717, 1.165) is 38.0 Å². The van der Waals surface area contributed by atoms with Crippen molar-refractivity contribution in [2.75, 3.05) is 13.1 Å². The Morgan fingerprint density at radius 2 is 1.92 bits per heavy atom. The van der Waals surface area contributed by atoms with Gasteiger partial charge in [-0.05, 0) is 50.4 Å². The first-order valence-electron chi connectivity index (χ1n) is 10.3. The molecule has 1 saturated carbocycles. The largest absolute Gasteiger partial charge is 0.355 e. The van der Waals surface area contributed by atoms with Gasteiger partial charge < -0.3 is 11.1 Å². The smallest absolute Gasteiger partial charge is 0.223 e. The van der Waals surface area contributed by atoms with Crippen molar-refractivity contribution >= 4 is 31.2 Å². The SMILES string of the molecule is CCCC(C)CCC(S)CNC(=O)C1CCCC(CCC(S)CN)C1. The lowest BCUT2D eigenvalue weighted by atomic mass is 9.78. The van der Waals surface area contributed by atoms with Gasteiger partial charge in [0.25, 0.3) is 0 Å². The van der Waals surface area contributed by atoms with Crippen molar-refractivity contribution in [3.05, 3.63) is 0 Å². The van der Waals surface area contributed by atoms with E-state index in [1.165, 1.54) is 32.1 Å². The zero-order valence-corrected chi connectivity index (χ0v) is 18.0. The van der Waals surface area contributed by atoms with Crippen LogP contribution < -0.4 is 11.1 Å². The third-order valence-corrected chi connectivity index (χ3v) is 6.53. The Hall–Kier alpha value is 0.130. The van der Waals surface area contributed by atoms with Gasteiger partial charge in [0.05, 0.1) is 0 Å². The van der Waals surface area contributed by atoms with Gasteiger partial charge in [0, 0.05) is 29.5 Å². The minimum absolute atomic E-state index is 0.189. The molecule has 0 spiro atoms. The van der Waals surface area contributed by atoms with Gasteiger partial charge in [0.15, 0.2) is 0 Å². The number of carbonyl (C=O) groups is 1. The molecule has 1 fully saturated rings. The second kappa shape index (κ2) is 13.3. The van der Waals surface area contributed by atoms with Gasteiger partial charge in [-0.1, -0.05) is 39.5 Å². The molecule has 3 nitrogen and oxygen atoms in total. The van der Waals surface area contributed by atoms with E-state index in [9.17, 15) is 4.79 Å².